The molecule has 0 aliphatic carbocycles. The van der Waals surface area contributed by atoms with Crippen molar-refractivity contribution in [2.24, 2.45) is 5.41 Å². The normalized spacial score (nSPS) is 13.6. The van der Waals surface area contributed by atoms with E-state index in [1.54, 1.807) is 5.38 Å². The largest absolute Gasteiger partial charge is 0.476 e. The van der Waals surface area contributed by atoms with E-state index >= 15 is 0 Å². The Morgan fingerprint density at radius 3 is 2.67 bits per heavy atom. The van der Waals surface area contributed by atoms with Gasteiger partial charge in [0.25, 0.3) is 0 Å². The summed E-state index contributed by atoms with van der Waals surface area (Å²) in [5, 5.41) is 23.0. The number of aliphatic hydroxyl groups is 1. The Balaban J connectivity index is 2.58. The lowest BCUT2D eigenvalue weighted by Crippen LogP contribution is -2.40. The fraction of sp³-hybridized carbons (Fsp3) is 0.667. The van der Waals surface area contributed by atoms with Gasteiger partial charge in [0.1, 0.15) is 0 Å². The molecule has 1 heterocycles. The number of carboxylic acid groups (broad SMARTS) is 1. The highest BCUT2D eigenvalue weighted by atomic mass is 32.1. The maximum atomic E-state index is 10.7. The first-order chi connectivity index (χ1) is 8.34. The summed E-state index contributed by atoms with van der Waals surface area (Å²) in [4.78, 5) is 14.7. The van der Waals surface area contributed by atoms with Crippen molar-refractivity contribution in [2.75, 3.05) is 6.61 Å². The van der Waals surface area contributed by atoms with Crippen LogP contribution in [0.25, 0.3) is 0 Å². The van der Waals surface area contributed by atoms with Crippen molar-refractivity contribution in [1.82, 2.24) is 10.3 Å². The van der Waals surface area contributed by atoms with Gasteiger partial charge in [0, 0.05) is 24.6 Å². The Hall–Kier alpha value is -0.980. The molecule has 1 rings (SSSR count). The van der Waals surface area contributed by atoms with Crippen LogP contribution in [0.1, 0.15) is 42.7 Å². The number of aromatic carboxylic acids is 1. The lowest BCUT2D eigenvalue weighted by molar-refractivity contribution is 0.0696. The molecule has 0 fully saturated rings. The summed E-state index contributed by atoms with van der Waals surface area (Å²) in [7, 11) is 0. The Morgan fingerprint density at radius 1 is 1.56 bits per heavy atom. The summed E-state index contributed by atoms with van der Waals surface area (Å²) in [6.45, 7) is 6.95. The number of thiazole rings is 1. The van der Waals surface area contributed by atoms with Crippen molar-refractivity contribution in [3.63, 3.8) is 0 Å². The second kappa shape index (κ2) is 6.26. The number of carbonyl (C=O) groups is 1. The average Bonchev–Trinajstić information content (AvgIpc) is 2.71. The molecule has 0 aliphatic heterocycles. The van der Waals surface area contributed by atoms with E-state index in [9.17, 15) is 4.79 Å². The summed E-state index contributed by atoms with van der Waals surface area (Å²) in [6, 6.07) is 0.164. The SMILES string of the molecule is CC(C)(C)C(CCO)NCc1csc(C(=O)O)n1. The van der Waals surface area contributed by atoms with Gasteiger partial charge < -0.3 is 15.5 Å². The van der Waals surface area contributed by atoms with Gasteiger partial charge in [0.2, 0.25) is 5.01 Å². The van der Waals surface area contributed by atoms with Crippen molar-refractivity contribution in [2.45, 2.75) is 39.8 Å². The highest BCUT2D eigenvalue weighted by Gasteiger charge is 2.23. The third-order valence-corrected chi connectivity index (χ3v) is 3.61. The molecule has 1 aromatic heterocycles. The molecule has 102 valence electrons. The molecule has 6 heteroatoms. The maximum Gasteiger partial charge on any atom is 0.365 e. The van der Waals surface area contributed by atoms with Gasteiger partial charge in [0.05, 0.1) is 5.69 Å². The van der Waals surface area contributed by atoms with Crippen LogP contribution in [-0.4, -0.2) is 33.8 Å². The van der Waals surface area contributed by atoms with Gasteiger partial charge >= 0.3 is 5.97 Å². The van der Waals surface area contributed by atoms with Crippen molar-refractivity contribution < 1.29 is 15.0 Å². The number of aliphatic hydroxyl groups excluding tert-OH is 1. The van der Waals surface area contributed by atoms with Crippen LogP contribution in [0.5, 0.6) is 0 Å². The standard InChI is InChI=1S/C12H20N2O3S/c1-12(2,3)9(4-5-15)13-6-8-7-18-10(14-8)11(16)17/h7,9,13,15H,4-6H2,1-3H3,(H,16,17). The van der Waals surface area contributed by atoms with Crippen LogP contribution in [0.3, 0.4) is 0 Å². The quantitative estimate of drug-likeness (QED) is 0.734. The first kappa shape index (κ1) is 15.1. The number of nitrogens with zero attached hydrogens (tertiary/aromatic N) is 1. The third kappa shape index (κ3) is 4.36. The number of hydrogen-bond acceptors (Lipinski definition) is 5. The van der Waals surface area contributed by atoms with E-state index in [4.69, 9.17) is 10.2 Å². The van der Waals surface area contributed by atoms with E-state index in [2.05, 4.69) is 31.1 Å². The first-order valence-electron chi connectivity index (χ1n) is 5.86. The zero-order valence-electron chi connectivity index (χ0n) is 10.9. The van der Waals surface area contributed by atoms with Gasteiger partial charge in [-0.1, -0.05) is 20.8 Å². The predicted octanol–water partition coefficient (Wildman–Crippen LogP) is 1.73. The summed E-state index contributed by atoms with van der Waals surface area (Å²) in [5.74, 6) is -0.992. The Bertz CT molecular complexity index is 398. The monoisotopic (exact) mass is 272 g/mol. The minimum absolute atomic E-state index is 0.0361. The van der Waals surface area contributed by atoms with Gasteiger partial charge in [-0.25, -0.2) is 9.78 Å². The molecule has 5 nitrogen and oxygen atoms in total. The predicted molar refractivity (Wildman–Crippen MR) is 70.9 cm³/mol. The van der Waals surface area contributed by atoms with Gasteiger partial charge in [-0.3, -0.25) is 0 Å². The smallest absolute Gasteiger partial charge is 0.365 e. The molecular formula is C12H20N2O3S. The molecule has 1 unspecified atom stereocenters. The van der Waals surface area contributed by atoms with E-state index in [0.717, 1.165) is 17.0 Å². The molecule has 0 spiro atoms. The van der Waals surface area contributed by atoms with E-state index in [-0.39, 0.29) is 23.1 Å². The molecule has 0 aromatic carbocycles. The van der Waals surface area contributed by atoms with Crippen LogP contribution >= 0.6 is 11.3 Å². The maximum absolute atomic E-state index is 10.7. The zero-order chi connectivity index (χ0) is 13.8. The Kier molecular flexibility index (Phi) is 5.25. The fourth-order valence-electron chi connectivity index (χ4n) is 1.68. The van der Waals surface area contributed by atoms with E-state index in [0.29, 0.717) is 13.0 Å². The number of carboxylic acids is 1. The van der Waals surface area contributed by atoms with E-state index in [1.165, 1.54) is 0 Å². The number of aromatic nitrogens is 1. The van der Waals surface area contributed by atoms with Crippen molar-refractivity contribution in [3.05, 3.63) is 16.1 Å². The van der Waals surface area contributed by atoms with Crippen LogP contribution < -0.4 is 5.32 Å². The molecule has 1 atom stereocenters. The number of nitrogens with one attached hydrogen (secondary N) is 1. The summed E-state index contributed by atoms with van der Waals surface area (Å²) >= 11 is 1.13. The zero-order valence-corrected chi connectivity index (χ0v) is 11.8. The minimum atomic E-state index is -0.992. The van der Waals surface area contributed by atoms with Crippen LogP contribution in [0.4, 0.5) is 0 Å². The molecule has 0 radical (unpaired) electrons. The molecule has 0 aliphatic rings. The van der Waals surface area contributed by atoms with Crippen LogP contribution in [0.15, 0.2) is 5.38 Å². The molecule has 1 aromatic rings. The molecule has 3 N–H and O–H groups in total. The average molecular weight is 272 g/mol. The van der Waals surface area contributed by atoms with Crippen LogP contribution in [-0.2, 0) is 6.54 Å². The van der Waals surface area contributed by atoms with Gasteiger partial charge in [-0.2, -0.15) is 0 Å². The van der Waals surface area contributed by atoms with Crippen LogP contribution in [0, 0.1) is 5.41 Å². The molecule has 0 saturated heterocycles. The van der Waals surface area contributed by atoms with Crippen LogP contribution in [0.2, 0.25) is 0 Å². The van der Waals surface area contributed by atoms with E-state index < -0.39 is 5.97 Å². The highest BCUT2D eigenvalue weighted by Crippen LogP contribution is 2.22. The second-order valence-corrected chi connectivity index (χ2v) is 6.12. The van der Waals surface area contributed by atoms with Crippen molar-refractivity contribution >= 4 is 17.3 Å². The topological polar surface area (TPSA) is 82.5 Å². The number of hydrogen-bond donors (Lipinski definition) is 3. The van der Waals surface area contributed by atoms with Crippen molar-refractivity contribution in [3.8, 4) is 0 Å². The Labute approximate surface area is 111 Å². The van der Waals surface area contributed by atoms with Gasteiger partial charge in [-0.15, -0.1) is 11.3 Å². The summed E-state index contributed by atoms with van der Waals surface area (Å²) in [6.07, 6.45) is 0.666. The first-order valence-corrected chi connectivity index (χ1v) is 6.74. The fourth-order valence-corrected chi connectivity index (χ4v) is 2.34. The molecule has 0 amide bonds. The molecule has 18 heavy (non-hydrogen) atoms. The van der Waals surface area contributed by atoms with Crippen molar-refractivity contribution in [1.29, 1.82) is 0 Å². The van der Waals surface area contributed by atoms with E-state index in [1.807, 2.05) is 0 Å². The number of rotatable bonds is 6. The lowest BCUT2D eigenvalue weighted by Gasteiger charge is -2.31. The molecule has 0 saturated carbocycles. The Morgan fingerprint density at radius 2 is 2.22 bits per heavy atom. The molecule has 0 bridgehead atoms. The summed E-state index contributed by atoms with van der Waals surface area (Å²) in [5.41, 5.74) is 0.763. The third-order valence-electron chi connectivity index (χ3n) is 2.73. The van der Waals surface area contributed by atoms with Gasteiger partial charge in [0.15, 0.2) is 0 Å². The summed E-state index contributed by atoms with van der Waals surface area (Å²) < 4.78 is 0. The molecular weight excluding hydrogens is 252 g/mol. The highest BCUT2D eigenvalue weighted by molar-refractivity contribution is 7.11. The minimum Gasteiger partial charge on any atom is -0.476 e. The van der Waals surface area contributed by atoms with Gasteiger partial charge in [-0.05, 0) is 11.8 Å². The second-order valence-electron chi connectivity index (χ2n) is 5.26. The lowest BCUT2D eigenvalue weighted by atomic mass is 9.85.